The van der Waals surface area contributed by atoms with Crippen LogP contribution in [0.2, 0.25) is 0 Å². The number of hydrogen-bond donors (Lipinski definition) is 1. The molecule has 1 amide bonds. The molecule has 3 heterocycles. The average Bonchev–Trinajstić information content (AvgIpc) is 3.37. The first-order valence-corrected chi connectivity index (χ1v) is 9.75. The van der Waals surface area contributed by atoms with Gasteiger partial charge in [-0.3, -0.25) is 9.69 Å². The summed E-state index contributed by atoms with van der Waals surface area (Å²) in [5.74, 6) is 0.151. The zero-order valence-corrected chi connectivity index (χ0v) is 15.9. The predicted molar refractivity (Wildman–Crippen MR) is 103 cm³/mol. The molecule has 2 aromatic heterocycles. The number of nitrogens with zero attached hydrogens (tertiary/aromatic N) is 2. The van der Waals surface area contributed by atoms with Crippen molar-refractivity contribution < 1.29 is 14.1 Å². The summed E-state index contributed by atoms with van der Waals surface area (Å²) in [7, 11) is 1.49. The molecule has 6 nitrogen and oxygen atoms in total. The van der Waals surface area contributed by atoms with Gasteiger partial charge in [-0.2, -0.15) is 0 Å². The van der Waals surface area contributed by atoms with Crippen LogP contribution in [0.4, 0.5) is 0 Å². The summed E-state index contributed by atoms with van der Waals surface area (Å²) in [4.78, 5) is 16.3. The Morgan fingerprint density at radius 2 is 2.22 bits per heavy atom. The number of fused-ring (bicyclic) bond motifs is 1. The molecule has 3 aromatic rings. The molecular weight excluding hydrogens is 362 g/mol. The average molecular weight is 383 g/mol. The van der Waals surface area contributed by atoms with E-state index in [9.17, 15) is 4.79 Å². The molecule has 140 valence electrons. The summed E-state index contributed by atoms with van der Waals surface area (Å²) in [6.07, 6.45) is 1.05. The number of carbonyl (C=O) groups is 1. The van der Waals surface area contributed by atoms with Crippen LogP contribution in [0.3, 0.4) is 0 Å². The number of hydrogen-bond acceptors (Lipinski definition) is 6. The van der Waals surface area contributed by atoms with Gasteiger partial charge in [0, 0.05) is 24.5 Å². The lowest BCUT2D eigenvalue weighted by Gasteiger charge is -2.35. The Balaban J connectivity index is 1.50. The molecule has 0 bridgehead atoms. The van der Waals surface area contributed by atoms with Crippen LogP contribution < -0.4 is 10.1 Å². The molecule has 0 fully saturated rings. The van der Waals surface area contributed by atoms with Crippen LogP contribution in [0.25, 0.3) is 0 Å². The second-order valence-electron chi connectivity index (χ2n) is 6.46. The van der Waals surface area contributed by atoms with Crippen LogP contribution in [-0.2, 0) is 13.0 Å². The standard InChI is InChI=1S/C20H21N3O3S/c1-25-19-11-17(26-22-19)20(24)21-12-16(14-5-3-2-4-6-14)23-9-7-18-15(13-23)8-10-27-18/h2-6,8,10-11,16H,7,9,12-13H2,1H3,(H,21,24)/t16-/m1/s1. The molecule has 0 saturated heterocycles. The van der Waals surface area contributed by atoms with Crippen molar-refractivity contribution in [3.63, 3.8) is 0 Å². The quantitative estimate of drug-likeness (QED) is 0.708. The maximum Gasteiger partial charge on any atom is 0.290 e. The van der Waals surface area contributed by atoms with Crippen molar-refractivity contribution in [3.8, 4) is 5.88 Å². The van der Waals surface area contributed by atoms with Crippen LogP contribution in [0, 0.1) is 0 Å². The van der Waals surface area contributed by atoms with Crippen molar-refractivity contribution in [3.05, 3.63) is 69.6 Å². The Hall–Kier alpha value is -2.64. The highest BCUT2D eigenvalue weighted by Gasteiger charge is 2.26. The molecule has 0 unspecified atom stereocenters. The lowest BCUT2D eigenvalue weighted by atomic mass is 10.0. The Kier molecular flexibility index (Phi) is 5.22. The van der Waals surface area contributed by atoms with Gasteiger partial charge in [0.1, 0.15) is 0 Å². The van der Waals surface area contributed by atoms with Crippen LogP contribution in [0.15, 0.2) is 52.4 Å². The molecule has 1 aliphatic rings. The van der Waals surface area contributed by atoms with E-state index in [2.05, 4.69) is 39.0 Å². The lowest BCUT2D eigenvalue weighted by molar-refractivity contribution is 0.0891. The van der Waals surface area contributed by atoms with Crippen LogP contribution in [0.5, 0.6) is 5.88 Å². The van der Waals surface area contributed by atoms with Gasteiger partial charge in [-0.05, 0) is 34.2 Å². The zero-order chi connectivity index (χ0) is 18.6. The number of amides is 1. The summed E-state index contributed by atoms with van der Waals surface area (Å²) in [6, 6.07) is 14.1. The Bertz CT molecular complexity index is 906. The van der Waals surface area contributed by atoms with Crippen LogP contribution >= 0.6 is 11.3 Å². The third kappa shape index (κ3) is 3.89. The first kappa shape index (κ1) is 17.8. The highest BCUT2D eigenvalue weighted by Crippen LogP contribution is 2.30. The number of aromatic nitrogens is 1. The van der Waals surface area contributed by atoms with Gasteiger partial charge in [0.15, 0.2) is 0 Å². The van der Waals surface area contributed by atoms with Crippen molar-refractivity contribution >= 4 is 17.2 Å². The number of benzene rings is 1. The maximum atomic E-state index is 12.4. The van der Waals surface area contributed by atoms with Gasteiger partial charge in [-0.1, -0.05) is 30.3 Å². The van der Waals surface area contributed by atoms with Gasteiger partial charge in [0.05, 0.1) is 19.2 Å². The summed E-state index contributed by atoms with van der Waals surface area (Å²) < 4.78 is 10.0. The fraction of sp³-hybridized carbons (Fsp3) is 0.300. The third-order valence-electron chi connectivity index (χ3n) is 4.84. The molecule has 0 spiro atoms. The summed E-state index contributed by atoms with van der Waals surface area (Å²) in [5.41, 5.74) is 2.57. The minimum Gasteiger partial charge on any atom is -0.479 e. The maximum absolute atomic E-state index is 12.4. The molecular formula is C20H21N3O3S. The van der Waals surface area contributed by atoms with E-state index in [-0.39, 0.29) is 17.7 Å². The Labute approximate surface area is 161 Å². The zero-order valence-electron chi connectivity index (χ0n) is 15.1. The lowest BCUT2D eigenvalue weighted by Crippen LogP contribution is -2.40. The van der Waals surface area contributed by atoms with Gasteiger partial charge in [0.2, 0.25) is 5.76 Å². The van der Waals surface area contributed by atoms with Gasteiger partial charge in [-0.15, -0.1) is 11.3 Å². The summed E-state index contributed by atoms with van der Waals surface area (Å²) in [6.45, 7) is 2.36. The predicted octanol–water partition coefficient (Wildman–Crippen LogP) is 3.27. The minimum atomic E-state index is -0.292. The molecule has 1 aliphatic heterocycles. The van der Waals surface area contributed by atoms with E-state index in [0.717, 1.165) is 19.5 Å². The number of thiophene rings is 1. The van der Waals surface area contributed by atoms with E-state index in [0.29, 0.717) is 12.4 Å². The molecule has 4 rings (SSSR count). The third-order valence-corrected chi connectivity index (χ3v) is 5.86. The number of ether oxygens (including phenoxy) is 1. The molecule has 7 heteroatoms. The van der Waals surface area contributed by atoms with Crippen molar-refractivity contribution in [1.82, 2.24) is 15.4 Å². The largest absolute Gasteiger partial charge is 0.479 e. The topological polar surface area (TPSA) is 67.6 Å². The second kappa shape index (κ2) is 7.94. The van der Waals surface area contributed by atoms with E-state index in [1.54, 1.807) is 0 Å². The molecule has 0 saturated carbocycles. The van der Waals surface area contributed by atoms with E-state index in [4.69, 9.17) is 9.26 Å². The monoisotopic (exact) mass is 383 g/mol. The number of nitrogens with one attached hydrogen (secondary N) is 1. The van der Waals surface area contributed by atoms with E-state index in [1.807, 2.05) is 29.5 Å². The second-order valence-corrected chi connectivity index (χ2v) is 7.46. The van der Waals surface area contributed by atoms with Gasteiger partial charge in [0.25, 0.3) is 11.8 Å². The normalized spacial score (nSPS) is 15.1. The van der Waals surface area contributed by atoms with E-state index < -0.39 is 0 Å². The molecule has 27 heavy (non-hydrogen) atoms. The van der Waals surface area contributed by atoms with E-state index >= 15 is 0 Å². The fourth-order valence-corrected chi connectivity index (χ4v) is 4.30. The highest BCUT2D eigenvalue weighted by molar-refractivity contribution is 7.10. The van der Waals surface area contributed by atoms with Gasteiger partial charge in [-0.25, -0.2) is 0 Å². The first-order chi connectivity index (χ1) is 13.2. The number of rotatable bonds is 6. The molecule has 1 aromatic carbocycles. The smallest absolute Gasteiger partial charge is 0.290 e. The SMILES string of the molecule is COc1cc(C(=O)NC[C@H](c2ccccc2)N2CCc3sccc3C2)on1. The first-order valence-electron chi connectivity index (χ1n) is 8.87. The molecule has 0 aliphatic carbocycles. The van der Waals surface area contributed by atoms with Crippen molar-refractivity contribution in [2.75, 3.05) is 20.2 Å². The van der Waals surface area contributed by atoms with Gasteiger partial charge < -0.3 is 14.6 Å². The highest BCUT2D eigenvalue weighted by atomic mass is 32.1. The van der Waals surface area contributed by atoms with Crippen molar-refractivity contribution in [1.29, 1.82) is 0 Å². The molecule has 1 atom stereocenters. The Morgan fingerprint density at radius 1 is 1.37 bits per heavy atom. The fourth-order valence-electron chi connectivity index (χ4n) is 3.41. The summed E-state index contributed by atoms with van der Waals surface area (Å²) >= 11 is 1.83. The number of methoxy groups -OCH3 is 1. The summed E-state index contributed by atoms with van der Waals surface area (Å²) in [5, 5.41) is 8.82. The van der Waals surface area contributed by atoms with Crippen molar-refractivity contribution in [2.45, 2.75) is 19.0 Å². The van der Waals surface area contributed by atoms with E-state index in [1.165, 1.54) is 29.2 Å². The molecule has 1 N–H and O–H groups in total. The van der Waals surface area contributed by atoms with Crippen LogP contribution in [0.1, 0.15) is 32.6 Å². The Morgan fingerprint density at radius 3 is 3.00 bits per heavy atom. The molecule has 0 radical (unpaired) electrons. The van der Waals surface area contributed by atoms with Gasteiger partial charge >= 0.3 is 0 Å². The van der Waals surface area contributed by atoms with Crippen molar-refractivity contribution in [2.24, 2.45) is 0 Å². The minimum absolute atomic E-state index is 0.0908. The van der Waals surface area contributed by atoms with Crippen LogP contribution in [-0.4, -0.2) is 36.2 Å². The number of carbonyl (C=O) groups excluding carboxylic acids is 1.